The Morgan fingerprint density at radius 3 is 3.15 bits per heavy atom. The predicted molar refractivity (Wildman–Crippen MR) is 43.5 cm³/mol. The van der Waals surface area contributed by atoms with Crippen molar-refractivity contribution in [3.63, 3.8) is 0 Å². The third kappa shape index (κ3) is 3.78. The Balaban J connectivity index is 2.26. The van der Waals surface area contributed by atoms with Crippen molar-refractivity contribution in [3.8, 4) is 0 Å². The molecule has 0 aromatic heterocycles. The van der Waals surface area contributed by atoms with Crippen LogP contribution >= 0.6 is 0 Å². The van der Waals surface area contributed by atoms with Crippen LogP contribution in [0.2, 0.25) is 0 Å². The van der Waals surface area contributed by atoms with Crippen LogP contribution in [0.3, 0.4) is 0 Å². The van der Waals surface area contributed by atoms with E-state index in [-0.39, 0.29) is 39.4 Å². The molecule has 0 amide bonds. The minimum absolute atomic E-state index is 0.204. The third-order valence-electron chi connectivity index (χ3n) is 1.81. The van der Waals surface area contributed by atoms with Crippen molar-refractivity contribution in [1.29, 1.82) is 0 Å². The summed E-state index contributed by atoms with van der Waals surface area (Å²) in [6, 6.07) is 0. The van der Waals surface area contributed by atoms with Crippen molar-refractivity contribution in [2.45, 2.75) is 19.6 Å². The van der Waals surface area contributed by atoms with E-state index in [1.165, 1.54) is 4.43 Å². The van der Waals surface area contributed by atoms with Crippen molar-refractivity contribution < 1.29 is 35.5 Å². The Labute approximate surface area is 88.4 Å². The van der Waals surface area contributed by atoms with Crippen molar-refractivity contribution in [3.05, 3.63) is 0 Å². The molecule has 1 rings (SSSR count). The van der Waals surface area contributed by atoms with Crippen molar-refractivity contribution in [2.75, 3.05) is 15.6 Å². The van der Waals surface area contributed by atoms with Gasteiger partial charge in [-0.2, -0.15) is 0 Å². The van der Waals surface area contributed by atoms with Gasteiger partial charge in [0.05, 0.1) is 0 Å². The summed E-state index contributed by atoms with van der Waals surface area (Å²) in [5.74, 6) is -0.465. The molecule has 0 saturated carbocycles. The van der Waals surface area contributed by atoms with Crippen LogP contribution in [-0.2, 0) is 14.3 Å². The number of ether oxygens (including phenoxy) is 2. The monoisotopic (exact) mass is 300 g/mol. The molecule has 0 radical (unpaired) electrons. The molecule has 0 bridgehead atoms. The Morgan fingerprint density at radius 1 is 1.85 bits per heavy atom. The molecule has 1 aliphatic rings. The number of carbonyl (C=O) groups excluding carboxylic acids is 1. The quantitative estimate of drug-likeness (QED) is 0.341. The maximum absolute atomic E-state index is 11.3. The Kier molecular flexibility index (Phi) is 4.97. The zero-order valence-electron chi connectivity index (χ0n) is 7.66. The van der Waals surface area contributed by atoms with Gasteiger partial charge < -0.3 is 0 Å². The van der Waals surface area contributed by atoms with Crippen LogP contribution in [0.25, 0.3) is 0 Å². The molecule has 1 saturated heterocycles. The zero-order valence-corrected chi connectivity index (χ0v) is 9.82. The first kappa shape index (κ1) is 11.2. The van der Waals surface area contributed by atoms with Crippen LogP contribution in [-0.4, -0.2) is 27.8 Å². The molecule has 1 aliphatic heterocycles. The second-order valence-electron chi connectivity index (χ2n) is 2.95. The molecule has 0 aromatic rings. The molecular formula is C8H15INO3-. The summed E-state index contributed by atoms with van der Waals surface area (Å²) in [5, 5.41) is 0. The topological polar surface area (TPSA) is 61.6 Å². The van der Waals surface area contributed by atoms with Gasteiger partial charge in [0.25, 0.3) is 0 Å². The minimum atomic E-state index is -0.310. The van der Waals surface area contributed by atoms with Gasteiger partial charge in [-0.05, 0) is 0 Å². The molecule has 2 N–H and O–H groups in total. The van der Waals surface area contributed by atoms with Crippen molar-refractivity contribution >= 4 is 5.97 Å². The van der Waals surface area contributed by atoms with E-state index in [0.29, 0.717) is 6.54 Å². The Bertz CT molecular complexity index is 171. The average Bonchev–Trinajstić information content (AvgIpc) is 2.18. The van der Waals surface area contributed by atoms with E-state index in [1.54, 1.807) is 6.92 Å². The summed E-state index contributed by atoms with van der Waals surface area (Å²) in [7, 11) is 0. The molecule has 13 heavy (non-hydrogen) atoms. The van der Waals surface area contributed by atoms with Gasteiger partial charge in [0.2, 0.25) is 0 Å². The number of nitrogens with two attached hydrogens (primary N) is 1. The summed E-state index contributed by atoms with van der Waals surface area (Å²) >= 11 is 0.204. The number of hydrogen-bond acceptors (Lipinski definition) is 4. The first-order valence-corrected chi connectivity index (χ1v) is 7.34. The number of rotatable bonds is 3. The molecule has 1 heterocycles. The SMILES string of the molecule is CC(CN)C(=O)OC1CC[I-]CO1. The van der Waals surface area contributed by atoms with E-state index >= 15 is 0 Å². The third-order valence-corrected chi connectivity index (χ3v) is 3.99. The number of halogens is 1. The number of hydrogen-bond donors (Lipinski definition) is 1. The Hall–Kier alpha value is 0.120. The van der Waals surface area contributed by atoms with Crippen molar-refractivity contribution in [2.24, 2.45) is 11.7 Å². The summed E-state index contributed by atoms with van der Waals surface area (Å²) < 4.78 is 12.4. The van der Waals surface area contributed by atoms with Gasteiger partial charge in [-0.3, -0.25) is 0 Å². The summed E-state index contributed by atoms with van der Waals surface area (Å²) in [4.78, 5) is 11.3. The van der Waals surface area contributed by atoms with Crippen LogP contribution < -0.4 is 26.9 Å². The summed E-state index contributed by atoms with van der Waals surface area (Å²) in [6.07, 6.45) is 0.547. The molecule has 0 spiro atoms. The predicted octanol–water partition coefficient (Wildman–Crippen LogP) is -3.08. The van der Waals surface area contributed by atoms with E-state index < -0.39 is 0 Å². The average molecular weight is 300 g/mol. The molecule has 4 nitrogen and oxygen atoms in total. The van der Waals surface area contributed by atoms with E-state index in [9.17, 15) is 4.79 Å². The van der Waals surface area contributed by atoms with Crippen LogP contribution in [0.15, 0.2) is 0 Å². The fourth-order valence-electron chi connectivity index (χ4n) is 0.854. The number of carbonyl (C=O) groups is 1. The van der Waals surface area contributed by atoms with E-state index in [2.05, 4.69) is 0 Å². The van der Waals surface area contributed by atoms with Crippen LogP contribution in [0.5, 0.6) is 0 Å². The van der Waals surface area contributed by atoms with E-state index in [0.717, 1.165) is 11.0 Å². The Morgan fingerprint density at radius 2 is 2.62 bits per heavy atom. The van der Waals surface area contributed by atoms with Crippen LogP contribution in [0.1, 0.15) is 13.3 Å². The van der Waals surface area contributed by atoms with Gasteiger partial charge in [-0.25, -0.2) is 0 Å². The summed E-state index contributed by atoms with van der Waals surface area (Å²) in [6.45, 7) is 2.09. The molecule has 78 valence electrons. The number of esters is 1. The zero-order chi connectivity index (χ0) is 9.68. The van der Waals surface area contributed by atoms with E-state index in [1.807, 2.05) is 0 Å². The molecule has 2 atom stereocenters. The molecule has 1 fully saturated rings. The number of alkyl halides is 2. The first-order valence-electron chi connectivity index (χ1n) is 4.29. The first-order chi connectivity index (χ1) is 6.24. The fraction of sp³-hybridized carbons (Fsp3) is 0.875. The van der Waals surface area contributed by atoms with E-state index in [4.69, 9.17) is 15.2 Å². The maximum atomic E-state index is 11.3. The molecule has 2 unspecified atom stereocenters. The van der Waals surface area contributed by atoms with Gasteiger partial charge in [0.1, 0.15) is 0 Å². The second kappa shape index (κ2) is 5.77. The van der Waals surface area contributed by atoms with Gasteiger partial charge >= 0.3 is 88.3 Å². The molecular weight excluding hydrogens is 285 g/mol. The van der Waals surface area contributed by atoms with Gasteiger partial charge in [-0.15, -0.1) is 0 Å². The fourth-order valence-corrected chi connectivity index (χ4v) is 2.77. The molecule has 5 heteroatoms. The molecule has 0 aromatic carbocycles. The van der Waals surface area contributed by atoms with Crippen molar-refractivity contribution in [1.82, 2.24) is 0 Å². The standard InChI is InChI=1S/C8H15INO3/c1-6(4-10)8(11)13-7-2-3-9-5-12-7/h6-7H,2-5,10H2,1H3/q-1. The summed E-state index contributed by atoms with van der Waals surface area (Å²) in [5.41, 5.74) is 5.34. The normalized spacial score (nSPS) is 25.8. The molecule has 0 aliphatic carbocycles. The second-order valence-corrected chi connectivity index (χ2v) is 5.73. The van der Waals surface area contributed by atoms with Gasteiger partial charge in [-0.1, -0.05) is 0 Å². The van der Waals surface area contributed by atoms with Crippen LogP contribution in [0.4, 0.5) is 0 Å². The van der Waals surface area contributed by atoms with Gasteiger partial charge in [0, 0.05) is 0 Å². The van der Waals surface area contributed by atoms with Crippen LogP contribution in [0, 0.1) is 5.92 Å². The van der Waals surface area contributed by atoms with Gasteiger partial charge in [0.15, 0.2) is 0 Å².